The van der Waals surface area contributed by atoms with Crippen LogP contribution in [-0.2, 0) is 6.42 Å². The molecule has 2 rings (SSSR count). The Balaban J connectivity index is 2.02. The summed E-state index contributed by atoms with van der Waals surface area (Å²) >= 11 is 4.67. The van der Waals surface area contributed by atoms with Crippen molar-refractivity contribution in [1.29, 1.82) is 0 Å². The first-order valence-electron chi connectivity index (χ1n) is 6.59. The molecular formula is C17H20OS. The number of rotatable bonds is 5. The maximum absolute atomic E-state index is 10.4. The van der Waals surface area contributed by atoms with Crippen molar-refractivity contribution in [3.05, 3.63) is 71.8 Å². The molecule has 0 aromatic heterocycles. The van der Waals surface area contributed by atoms with Crippen molar-refractivity contribution in [2.75, 3.05) is 0 Å². The van der Waals surface area contributed by atoms with Gasteiger partial charge < -0.3 is 5.11 Å². The molecule has 2 heteroatoms. The number of benzene rings is 2. The summed E-state index contributed by atoms with van der Waals surface area (Å²) in [4.78, 5) is 0. The van der Waals surface area contributed by atoms with Crippen LogP contribution in [0.5, 0.6) is 0 Å². The van der Waals surface area contributed by atoms with E-state index in [1.54, 1.807) is 0 Å². The zero-order valence-electron chi connectivity index (χ0n) is 11.2. The lowest BCUT2D eigenvalue weighted by Gasteiger charge is -2.30. The fraction of sp³-hybridized carbons (Fsp3) is 0.294. The standard InChI is InChI=1S/C17H20OS/c1-17(19,13-12-14-8-4-2-5-9-14)16(18)15-10-6-3-7-11-15/h2-11,16,18-19H,12-13H2,1H3/t16-,17-/m1/s1. The molecule has 19 heavy (non-hydrogen) atoms. The molecule has 1 N–H and O–H groups in total. The van der Waals surface area contributed by atoms with Crippen molar-refractivity contribution in [1.82, 2.24) is 0 Å². The SMILES string of the molecule is C[C@@](S)(CCc1ccccc1)[C@H](O)c1ccccc1. The molecule has 0 bridgehead atoms. The molecule has 0 spiro atoms. The minimum absolute atomic E-state index is 0.433. The molecule has 1 nitrogen and oxygen atoms in total. The fourth-order valence-corrected chi connectivity index (χ4v) is 2.43. The van der Waals surface area contributed by atoms with E-state index in [9.17, 15) is 5.11 Å². The van der Waals surface area contributed by atoms with Gasteiger partial charge in [-0.15, -0.1) is 0 Å². The summed E-state index contributed by atoms with van der Waals surface area (Å²) in [6, 6.07) is 20.1. The topological polar surface area (TPSA) is 20.2 Å². The minimum Gasteiger partial charge on any atom is -0.387 e. The summed E-state index contributed by atoms with van der Waals surface area (Å²) in [6.07, 6.45) is 1.20. The lowest BCUT2D eigenvalue weighted by atomic mass is 9.91. The zero-order chi connectivity index (χ0) is 13.7. The Morgan fingerprint density at radius 2 is 1.53 bits per heavy atom. The molecule has 0 radical (unpaired) electrons. The summed E-state index contributed by atoms with van der Waals surface area (Å²) in [6.45, 7) is 2.00. The van der Waals surface area contributed by atoms with Gasteiger partial charge in [0.05, 0.1) is 6.10 Å². The van der Waals surface area contributed by atoms with E-state index in [1.165, 1.54) is 5.56 Å². The Hall–Kier alpha value is -1.25. The van der Waals surface area contributed by atoms with Crippen LogP contribution in [0.15, 0.2) is 60.7 Å². The highest BCUT2D eigenvalue weighted by Crippen LogP contribution is 2.35. The molecule has 0 aliphatic heterocycles. The summed E-state index contributed by atoms with van der Waals surface area (Å²) in [5, 5.41) is 10.4. The van der Waals surface area contributed by atoms with Crippen LogP contribution in [0.25, 0.3) is 0 Å². The van der Waals surface area contributed by atoms with Gasteiger partial charge in [-0.3, -0.25) is 0 Å². The van der Waals surface area contributed by atoms with Gasteiger partial charge in [-0.25, -0.2) is 0 Å². The normalized spacial score (nSPS) is 15.7. The molecule has 0 saturated carbocycles. The van der Waals surface area contributed by atoms with Crippen LogP contribution in [0.3, 0.4) is 0 Å². The molecule has 0 unspecified atom stereocenters. The maximum atomic E-state index is 10.4. The number of hydrogen-bond acceptors (Lipinski definition) is 2. The second-order valence-electron chi connectivity index (χ2n) is 5.16. The van der Waals surface area contributed by atoms with E-state index >= 15 is 0 Å². The smallest absolute Gasteiger partial charge is 0.0931 e. The zero-order valence-corrected chi connectivity index (χ0v) is 12.1. The summed E-state index contributed by atoms with van der Waals surface area (Å²) in [5.41, 5.74) is 2.20. The van der Waals surface area contributed by atoms with E-state index in [0.29, 0.717) is 0 Å². The molecule has 0 aliphatic rings. The largest absolute Gasteiger partial charge is 0.387 e. The summed E-state index contributed by atoms with van der Waals surface area (Å²) in [5.74, 6) is 0. The first-order valence-corrected chi connectivity index (χ1v) is 7.03. The molecule has 0 fully saturated rings. The van der Waals surface area contributed by atoms with E-state index in [1.807, 2.05) is 55.5 Å². The fourth-order valence-electron chi connectivity index (χ4n) is 2.17. The van der Waals surface area contributed by atoms with Crippen LogP contribution in [0.4, 0.5) is 0 Å². The van der Waals surface area contributed by atoms with Crippen molar-refractivity contribution in [2.24, 2.45) is 0 Å². The van der Waals surface area contributed by atoms with Gasteiger partial charge in [-0.05, 0) is 30.9 Å². The summed E-state index contributed by atoms with van der Waals surface area (Å²) in [7, 11) is 0. The van der Waals surface area contributed by atoms with Crippen molar-refractivity contribution < 1.29 is 5.11 Å². The maximum Gasteiger partial charge on any atom is 0.0931 e. The monoisotopic (exact) mass is 272 g/mol. The second-order valence-corrected chi connectivity index (χ2v) is 6.18. The van der Waals surface area contributed by atoms with Gasteiger partial charge in [-0.1, -0.05) is 60.7 Å². The van der Waals surface area contributed by atoms with E-state index in [-0.39, 0.29) is 0 Å². The lowest BCUT2D eigenvalue weighted by Crippen LogP contribution is -2.27. The second kappa shape index (κ2) is 6.27. The third kappa shape index (κ3) is 3.85. The highest BCUT2D eigenvalue weighted by Gasteiger charge is 2.29. The van der Waals surface area contributed by atoms with Gasteiger partial charge in [0.2, 0.25) is 0 Å². The predicted octanol–water partition coefficient (Wildman–Crippen LogP) is 4.04. The van der Waals surface area contributed by atoms with Crippen LogP contribution >= 0.6 is 12.6 Å². The Morgan fingerprint density at radius 3 is 2.11 bits per heavy atom. The van der Waals surface area contributed by atoms with Gasteiger partial charge >= 0.3 is 0 Å². The predicted molar refractivity (Wildman–Crippen MR) is 83.6 cm³/mol. The van der Waals surface area contributed by atoms with Gasteiger partial charge in [-0.2, -0.15) is 12.6 Å². The summed E-state index contributed by atoms with van der Waals surface area (Å²) < 4.78 is -0.433. The Kier molecular flexibility index (Phi) is 4.67. The minimum atomic E-state index is -0.555. The van der Waals surface area contributed by atoms with Crippen LogP contribution in [0.1, 0.15) is 30.6 Å². The average molecular weight is 272 g/mol. The van der Waals surface area contributed by atoms with Crippen molar-refractivity contribution in [3.63, 3.8) is 0 Å². The third-order valence-electron chi connectivity index (χ3n) is 3.47. The van der Waals surface area contributed by atoms with Gasteiger partial charge in [0.25, 0.3) is 0 Å². The first-order chi connectivity index (χ1) is 9.09. The van der Waals surface area contributed by atoms with Gasteiger partial charge in [0, 0.05) is 4.75 Å². The van der Waals surface area contributed by atoms with E-state index < -0.39 is 10.9 Å². The number of aliphatic hydroxyl groups is 1. The van der Waals surface area contributed by atoms with Crippen molar-refractivity contribution in [2.45, 2.75) is 30.6 Å². The van der Waals surface area contributed by atoms with Crippen LogP contribution in [0, 0.1) is 0 Å². The van der Waals surface area contributed by atoms with Crippen LogP contribution in [0.2, 0.25) is 0 Å². The average Bonchev–Trinajstić information content (AvgIpc) is 2.46. The number of thiol groups is 1. The van der Waals surface area contributed by atoms with E-state index in [2.05, 4.69) is 24.8 Å². The highest BCUT2D eigenvalue weighted by molar-refractivity contribution is 7.81. The molecule has 100 valence electrons. The molecule has 0 heterocycles. The Morgan fingerprint density at radius 1 is 1.00 bits per heavy atom. The quantitative estimate of drug-likeness (QED) is 0.787. The molecule has 0 saturated heterocycles. The van der Waals surface area contributed by atoms with Crippen molar-refractivity contribution in [3.8, 4) is 0 Å². The van der Waals surface area contributed by atoms with Gasteiger partial charge in [0.1, 0.15) is 0 Å². The first kappa shape index (κ1) is 14.2. The molecule has 0 amide bonds. The number of hydrogen-bond donors (Lipinski definition) is 2. The highest BCUT2D eigenvalue weighted by atomic mass is 32.1. The van der Waals surface area contributed by atoms with Crippen molar-refractivity contribution >= 4 is 12.6 Å². The van der Waals surface area contributed by atoms with E-state index in [4.69, 9.17) is 0 Å². The lowest BCUT2D eigenvalue weighted by molar-refractivity contribution is 0.133. The van der Waals surface area contributed by atoms with Gasteiger partial charge in [0.15, 0.2) is 0 Å². The molecule has 2 atom stereocenters. The Labute approximate surface area is 120 Å². The molecular weight excluding hydrogens is 252 g/mol. The molecule has 0 aliphatic carbocycles. The van der Waals surface area contributed by atoms with Crippen LogP contribution < -0.4 is 0 Å². The number of aryl methyl sites for hydroxylation is 1. The third-order valence-corrected chi connectivity index (χ3v) is 3.94. The Bertz CT molecular complexity index is 493. The number of aliphatic hydroxyl groups excluding tert-OH is 1. The van der Waals surface area contributed by atoms with E-state index in [0.717, 1.165) is 18.4 Å². The molecule has 2 aromatic carbocycles. The molecule has 2 aromatic rings. The van der Waals surface area contributed by atoms with Crippen LogP contribution in [-0.4, -0.2) is 9.85 Å².